The molecule has 2 fully saturated rings. The van der Waals surface area contributed by atoms with Crippen LogP contribution >= 0.6 is 0 Å². The Labute approximate surface area is 126 Å². The zero-order valence-electron chi connectivity index (χ0n) is 11.8. The van der Waals surface area contributed by atoms with Crippen molar-refractivity contribution in [1.82, 2.24) is 0 Å². The lowest BCUT2D eigenvalue weighted by Gasteiger charge is -1.92. The molecule has 0 N–H and O–H groups in total. The molecule has 0 aliphatic carbocycles. The van der Waals surface area contributed by atoms with Crippen LogP contribution in [0.4, 0.5) is 0 Å². The normalized spacial score (nSPS) is 21.0. The van der Waals surface area contributed by atoms with Crippen molar-refractivity contribution in [2.45, 2.75) is 20.0 Å². The van der Waals surface area contributed by atoms with E-state index < -0.39 is 0 Å². The number of fused-ring (bicyclic) bond motifs is 1. The van der Waals surface area contributed by atoms with E-state index in [0.29, 0.717) is 0 Å². The summed E-state index contributed by atoms with van der Waals surface area (Å²) >= 11 is 0. The van der Waals surface area contributed by atoms with E-state index in [0.717, 1.165) is 13.2 Å². The van der Waals surface area contributed by atoms with Crippen LogP contribution in [0.15, 0.2) is 48.5 Å². The standard InChI is InChI=1S/C10H8.2C3H6O2.CH4/c1-2-6-10-8-4-3-7-9(10)5-1;2*1-4-3-2-5-3;/h1-8H;2*3H,2H2,1H3;1H4. The molecule has 2 aromatic rings. The fourth-order valence-electron chi connectivity index (χ4n) is 1.48. The van der Waals surface area contributed by atoms with Crippen molar-refractivity contribution in [2.75, 3.05) is 27.4 Å². The molecule has 2 saturated heterocycles. The molecule has 116 valence electrons. The molecule has 4 rings (SSSR count). The molecule has 0 bridgehead atoms. The van der Waals surface area contributed by atoms with E-state index in [1.54, 1.807) is 14.2 Å². The maximum Gasteiger partial charge on any atom is 0.180 e. The highest BCUT2D eigenvalue weighted by Gasteiger charge is 2.20. The van der Waals surface area contributed by atoms with Gasteiger partial charge in [0.1, 0.15) is 13.2 Å². The van der Waals surface area contributed by atoms with Gasteiger partial charge in [-0.25, -0.2) is 0 Å². The van der Waals surface area contributed by atoms with Crippen molar-refractivity contribution in [3.63, 3.8) is 0 Å². The minimum atomic E-state index is 0. The van der Waals surface area contributed by atoms with Crippen LogP contribution in [0.5, 0.6) is 0 Å². The molecule has 0 saturated carbocycles. The monoisotopic (exact) mass is 292 g/mol. The van der Waals surface area contributed by atoms with E-state index in [1.807, 2.05) is 0 Å². The lowest BCUT2D eigenvalue weighted by Crippen LogP contribution is -1.83. The average molecular weight is 292 g/mol. The predicted molar refractivity (Wildman–Crippen MR) is 84.2 cm³/mol. The molecule has 2 heterocycles. The Morgan fingerprint density at radius 1 is 0.762 bits per heavy atom. The van der Waals surface area contributed by atoms with Gasteiger partial charge in [-0.15, -0.1) is 0 Å². The lowest BCUT2D eigenvalue weighted by molar-refractivity contribution is 0.0948. The highest BCUT2D eigenvalue weighted by molar-refractivity contribution is 5.81. The van der Waals surface area contributed by atoms with Crippen LogP contribution in [-0.4, -0.2) is 40.0 Å². The number of benzene rings is 2. The van der Waals surface area contributed by atoms with Crippen LogP contribution in [0.2, 0.25) is 0 Å². The fraction of sp³-hybridized carbons (Fsp3) is 0.412. The number of epoxide rings is 2. The second-order valence-electron chi connectivity index (χ2n) is 4.34. The number of hydrogen-bond acceptors (Lipinski definition) is 4. The number of rotatable bonds is 2. The summed E-state index contributed by atoms with van der Waals surface area (Å²) in [6.45, 7) is 1.58. The second-order valence-corrected chi connectivity index (χ2v) is 4.34. The molecule has 0 aromatic heterocycles. The molecule has 0 radical (unpaired) electrons. The minimum absolute atomic E-state index is 0. The number of ether oxygens (including phenoxy) is 4. The second kappa shape index (κ2) is 9.47. The summed E-state index contributed by atoms with van der Waals surface area (Å²) in [5.74, 6) is 0. The molecule has 2 aliphatic rings. The number of hydrogen-bond donors (Lipinski definition) is 0. The van der Waals surface area contributed by atoms with Crippen molar-refractivity contribution < 1.29 is 18.9 Å². The Kier molecular flexibility index (Phi) is 7.93. The largest absolute Gasteiger partial charge is 0.354 e. The lowest BCUT2D eigenvalue weighted by atomic mass is 10.1. The van der Waals surface area contributed by atoms with Gasteiger partial charge in [-0.3, -0.25) is 0 Å². The van der Waals surface area contributed by atoms with Gasteiger partial charge in [-0.1, -0.05) is 56.0 Å². The van der Waals surface area contributed by atoms with Gasteiger partial charge in [0.15, 0.2) is 12.6 Å². The topological polar surface area (TPSA) is 43.5 Å². The first-order chi connectivity index (χ1) is 9.83. The predicted octanol–water partition coefficient (Wildman–Crippen LogP) is 3.45. The van der Waals surface area contributed by atoms with Crippen LogP contribution in [0.1, 0.15) is 7.43 Å². The van der Waals surface area contributed by atoms with Gasteiger partial charge < -0.3 is 18.9 Å². The SMILES string of the molecule is C.COC1CO1.COC1CO1.c1ccc2ccccc2c1. The molecule has 2 aromatic carbocycles. The third-order valence-corrected chi connectivity index (χ3v) is 2.79. The quantitative estimate of drug-likeness (QED) is 0.795. The molecule has 0 amide bonds. The maximum absolute atomic E-state index is 4.64. The summed E-state index contributed by atoms with van der Waals surface area (Å²) in [4.78, 5) is 0. The van der Waals surface area contributed by atoms with Crippen molar-refractivity contribution >= 4 is 10.8 Å². The molecular weight excluding hydrogens is 268 g/mol. The van der Waals surface area contributed by atoms with E-state index in [1.165, 1.54) is 10.8 Å². The van der Waals surface area contributed by atoms with Crippen LogP contribution in [0, 0.1) is 0 Å². The van der Waals surface area contributed by atoms with Gasteiger partial charge in [-0.05, 0) is 10.8 Å². The van der Waals surface area contributed by atoms with Crippen LogP contribution in [0.3, 0.4) is 0 Å². The van der Waals surface area contributed by atoms with Crippen LogP contribution in [0.25, 0.3) is 10.8 Å². The van der Waals surface area contributed by atoms with Gasteiger partial charge in [0.05, 0.1) is 0 Å². The van der Waals surface area contributed by atoms with Gasteiger partial charge in [0.25, 0.3) is 0 Å². The van der Waals surface area contributed by atoms with Crippen molar-refractivity contribution in [3.8, 4) is 0 Å². The van der Waals surface area contributed by atoms with Crippen molar-refractivity contribution in [1.29, 1.82) is 0 Å². The van der Waals surface area contributed by atoms with Crippen molar-refractivity contribution in [2.24, 2.45) is 0 Å². The zero-order chi connectivity index (χ0) is 14.2. The molecule has 2 unspecified atom stereocenters. The van der Waals surface area contributed by atoms with Gasteiger partial charge in [0, 0.05) is 14.2 Å². The Morgan fingerprint density at radius 2 is 1.05 bits per heavy atom. The third-order valence-electron chi connectivity index (χ3n) is 2.79. The molecule has 0 spiro atoms. The maximum atomic E-state index is 4.64. The highest BCUT2D eigenvalue weighted by Crippen LogP contribution is 2.11. The molecule has 4 nitrogen and oxygen atoms in total. The number of methoxy groups -OCH3 is 2. The Balaban J connectivity index is 0.000000171. The summed E-state index contributed by atoms with van der Waals surface area (Å²) < 4.78 is 18.5. The smallest absolute Gasteiger partial charge is 0.180 e. The molecule has 4 heteroatoms. The zero-order valence-corrected chi connectivity index (χ0v) is 11.8. The fourth-order valence-corrected chi connectivity index (χ4v) is 1.48. The first kappa shape index (κ1) is 17.6. The summed E-state index contributed by atoms with van der Waals surface area (Å²) in [6, 6.07) is 16.7. The highest BCUT2D eigenvalue weighted by atomic mass is 16.8. The van der Waals surface area contributed by atoms with Gasteiger partial charge in [0.2, 0.25) is 0 Å². The van der Waals surface area contributed by atoms with E-state index in [-0.39, 0.29) is 20.0 Å². The van der Waals surface area contributed by atoms with Gasteiger partial charge in [-0.2, -0.15) is 0 Å². The minimum Gasteiger partial charge on any atom is -0.354 e. The van der Waals surface area contributed by atoms with E-state index >= 15 is 0 Å². The molecule has 2 atom stereocenters. The van der Waals surface area contributed by atoms with E-state index in [2.05, 4.69) is 67.5 Å². The summed E-state index contributed by atoms with van der Waals surface area (Å²) in [5, 5.41) is 2.62. The van der Waals surface area contributed by atoms with Crippen LogP contribution < -0.4 is 0 Å². The Hall–Kier alpha value is -1.46. The van der Waals surface area contributed by atoms with Gasteiger partial charge >= 0.3 is 0 Å². The van der Waals surface area contributed by atoms with E-state index in [9.17, 15) is 0 Å². The summed E-state index contributed by atoms with van der Waals surface area (Å²) in [6.07, 6.45) is 0.269. The van der Waals surface area contributed by atoms with E-state index in [4.69, 9.17) is 0 Å². The molecule has 2 aliphatic heterocycles. The Morgan fingerprint density at radius 3 is 1.19 bits per heavy atom. The molecule has 21 heavy (non-hydrogen) atoms. The third kappa shape index (κ3) is 7.20. The van der Waals surface area contributed by atoms with Crippen molar-refractivity contribution in [3.05, 3.63) is 48.5 Å². The summed E-state index contributed by atoms with van der Waals surface area (Å²) in [7, 11) is 3.27. The first-order valence-corrected chi connectivity index (χ1v) is 6.56. The Bertz CT molecular complexity index is 429. The summed E-state index contributed by atoms with van der Waals surface area (Å²) in [5.41, 5.74) is 0. The molecular formula is C17H24O4. The van der Waals surface area contributed by atoms with Crippen LogP contribution in [-0.2, 0) is 18.9 Å². The first-order valence-electron chi connectivity index (χ1n) is 6.56. The average Bonchev–Trinajstić information content (AvgIpc) is 3.42.